The van der Waals surface area contributed by atoms with E-state index >= 15 is 0 Å². The zero-order chi connectivity index (χ0) is 14.1. The van der Waals surface area contributed by atoms with Crippen molar-refractivity contribution in [1.29, 1.82) is 0 Å². The van der Waals surface area contributed by atoms with Gasteiger partial charge in [0.25, 0.3) is 0 Å². The maximum atomic E-state index is 5.91. The predicted octanol–water partition coefficient (Wildman–Crippen LogP) is 2.65. The largest absolute Gasteiger partial charge is 0.383 e. The minimum Gasteiger partial charge on any atom is -0.383 e. The Balaban J connectivity index is 1.80. The van der Waals surface area contributed by atoms with Gasteiger partial charge in [-0.2, -0.15) is 0 Å². The molecule has 1 unspecified atom stereocenters. The molecule has 0 fully saturated rings. The number of nitrogens with two attached hydrogens (primary N) is 1. The lowest BCUT2D eigenvalue weighted by Crippen LogP contribution is -2.28. The molecule has 0 bridgehead atoms. The molecule has 1 atom stereocenters. The SMILES string of the molecule is Cc1nc(N)c(C)c(NC2CCc3ccccc3C2)n1. The van der Waals surface area contributed by atoms with Gasteiger partial charge in [-0.1, -0.05) is 24.3 Å². The molecule has 4 nitrogen and oxygen atoms in total. The summed E-state index contributed by atoms with van der Waals surface area (Å²) in [4.78, 5) is 8.67. The summed E-state index contributed by atoms with van der Waals surface area (Å²) in [6, 6.07) is 9.08. The van der Waals surface area contributed by atoms with E-state index in [1.165, 1.54) is 11.1 Å². The molecular weight excluding hydrogens is 248 g/mol. The Kier molecular flexibility index (Phi) is 3.30. The van der Waals surface area contributed by atoms with Crippen molar-refractivity contribution in [1.82, 2.24) is 9.97 Å². The quantitative estimate of drug-likeness (QED) is 0.879. The molecule has 1 aliphatic carbocycles. The molecule has 0 amide bonds. The molecule has 1 aromatic heterocycles. The molecule has 0 saturated carbocycles. The Bertz CT molecular complexity index is 636. The van der Waals surface area contributed by atoms with Gasteiger partial charge in [-0.25, -0.2) is 9.97 Å². The summed E-state index contributed by atoms with van der Waals surface area (Å²) in [6.45, 7) is 3.84. The minimum absolute atomic E-state index is 0.414. The van der Waals surface area contributed by atoms with E-state index in [1.807, 2.05) is 13.8 Å². The Morgan fingerprint density at radius 3 is 2.70 bits per heavy atom. The number of rotatable bonds is 2. The van der Waals surface area contributed by atoms with Gasteiger partial charge in [-0.3, -0.25) is 0 Å². The summed E-state index contributed by atoms with van der Waals surface area (Å²) < 4.78 is 0. The van der Waals surface area contributed by atoms with E-state index in [0.717, 1.165) is 30.6 Å². The van der Waals surface area contributed by atoms with Crippen molar-refractivity contribution in [2.24, 2.45) is 0 Å². The zero-order valence-corrected chi connectivity index (χ0v) is 12.0. The fraction of sp³-hybridized carbons (Fsp3) is 0.375. The van der Waals surface area contributed by atoms with Gasteiger partial charge in [0.1, 0.15) is 17.5 Å². The highest BCUT2D eigenvalue weighted by Crippen LogP contribution is 2.25. The zero-order valence-electron chi connectivity index (χ0n) is 12.0. The van der Waals surface area contributed by atoms with Crippen LogP contribution in [-0.4, -0.2) is 16.0 Å². The highest BCUT2D eigenvalue weighted by Gasteiger charge is 2.19. The molecule has 4 heteroatoms. The van der Waals surface area contributed by atoms with Gasteiger partial charge in [0.2, 0.25) is 0 Å². The molecule has 20 heavy (non-hydrogen) atoms. The molecule has 1 aliphatic rings. The Labute approximate surface area is 119 Å². The van der Waals surface area contributed by atoms with Crippen LogP contribution in [0.25, 0.3) is 0 Å². The number of nitrogens with one attached hydrogen (secondary N) is 1. The average Bonchev–Trinajstić information content (AvgIpc) is 2.44. The number of fused-ring (bicyclic) bond motifs is 1. The lowest BCUT2D eigenvalue weighted by Gasteiger charge is -2.26. The molecule has 2 aromatic rings. The van der Waals surface area contributed by atoms with Crippen LogP contribution >= 0.6 is 0 Å². The van der Waals surface area contributed by atoms with Crippen LogP contribution in [0.15, 0.2) is 24.3 Å². The van der Waals surface area contributed by atoms with E-state index in [4.69, 9.17) is 5.73 Å². The van der Waals surface area contributed by atoms with Crippen LogP contribution in [0.5, 0.6) is 0 Å². The second kappa shape index (κ2) is 5.12. The Morgan fingerprint density at radius 1 is 1.15 bits per heavy atom. The number of hydrogen-bond acceptors (Lipinski definition) is 4. The van der Waals surface area contributed by atoms with Gasteiger partial charge in [-0.05, 0) is 44.2 Å². The number of aromatic nitrogens is 2. The fourth-order valence-electron chi connectivity index (χ4n) is 2.80. The first kappa shape index (κ1) is 12.9. The summed E-state index contributed by atoms with van der Waals surface area (Å²) in [5.74, 6) is 2.16. The van der Waals surface area contributed by atoms with Crippen LogP contribution in [0.4, 0.5) is 11.6 Å². The molecule has 3 N–H and O–H groups in total. The third-order valence-electron chi connectivity index (χ3n) is 3.98. The highest BCUT2D eigenvalue weighted by atomic mass is 15.1. The standard InChI is InChI=1S/C16H20N4/c1-10-15(17)18-11(2)19-16(10)20-14-8-7-12-5-3-4-6-13(12)9-14/h3-6,14H,7-9H2,1-2H3,(H3,17,18,19,20). The van der Waals surface area contributed by atoms with Crippen molar-refractivity contribution in [3.63, 3.8) is 0 Å². The summed E-state index contributed by atoms with van der Waals surface area (Å²) in [5, 5.41) is 3.54. The summed E-state index contributed by atoms with van der Waals surface area (Å²) >= 11 is 0. The molecule has 104 valence electrons. The lowest BCUT2D eigenvalue weighted by molar-refractivity contribution is 0.608. The van der Waals surface area contributed by atoms with Crippen LogP contribution in [0.3, 0.4) is 0 Å². The van der Waals surface area contributed by atoms with Crippen LogP contribution in [-0.2, 0) is 12.8 Å². The Hall–Kier alpha value is -2.10. The third kappa shape index (κ3) is 2.46. The maximum Gasteiger partial charge on any atom is 0.134 e. The van der Waals surface area contributed by atoms with E-state index < -0.39 is 0 Å². The normalized spacial score (nSPS) is 17.6. The van der Waals surface area contributed by atoms with Gasteiger partial charge < -0.3 is 11.1 Å². The molecule has 0 aliphatic heterocycles. The number of hydrogen-bond donors (Lipinski definition) is 2. The predicted molar refractivity (Wildman–Crippen MR) is 81.8 cm³/mol. The molecule has 1 heterocycles. The van der Waals surface area contributed by atoms with Gasteiger partial charge in [0, 0.05) is 11.6 Å². The van der Waals surface area contributed by atoms with Crippen molar-refractivity contribution in [2.75, 3.05) is 11.1 Å². The van der Waals surface area contributed by atoms with Gasteiger partial charge in [0.15, 0.2) is 0 Å². The number of nitrogens with zero attached hydrogens (tertiary/aromatic N) is 2. The molecule has 1 aromatic carbocycles. The molecule has 0 radical (unpaired) electrons. The van der Waals surface area contributed by atoms with E-state index in [-0.39, 0.29) is 0 Å². The topological polar surface area (TPSA) is 63.8 Å². The van der Waals surface area contributed by atoms with Crippen LogP contribution in [0.2, 0.25) is 0 Å². The number of aryl methyl sites for hydroxylation is 2. The third-order valence-corrected chi connectivity index (χ3v) is 3.98. The van der Waals surface area contributed by atoms with Crippen LogP contribution in [0, 0.1) is 13.8 Å². The van der Waals surface area contributed by atoms with Crippen molar-refractivity contribution >= 4 is 11.6 Å². The van der Waals surface area contributed by atoms with E-state index in [0.29, 0.717) is 17.7 Å². The lowest BCUT2D eigenvalue weighted by atomic mass is 9.88. The van der Waals surface area contributed by atoms with E-state index in [1.54, 1.807) is 0 Å². The molecule has 0 saturated heterocycles. The summed E-state index contributed by atoms with van der Waals surface area (Å²) in [7, 11) is 0. The number of anilines is 2. The molecule has 0 spiro atoms. The first-order valence-electron chi connectivity index (χ1n) is 7.07. The first-order chi connectivity index (χ1) is 9.63. The first-order valence-corrected chi connectivity index (χ1v) is 7.07. The van der Waals surface area contributed by atoms with Crippen molar-refractivity contribution in [2.45, 2.75) is 39.2 Å². The number of benzene rings is 1. The summed E-state index contributed by atoms with van der Waals surface area (Å²) in [5.41, 5.74) is 9.76. The van der Waals surface area contributed by atoms with Crippen molar-refractivity contribution in [3.05, 3.63) is 46.8 Å². The van der Waals surface area contributed by atoms with E-state index in [9.17, 15) is 0 Å². The minimum atomic E-state index is 0.414. The van der Waals surface area contributed by atoms with Gasteiger partial charge in [-0.15, -0.1) is 0 Å². The van der Waals surface area contributed by atoms with Crippen molar-refractivity contribution < 1.29 is 0 Å². The van der Waals surface area contributed by atoms with Crippen LogP contribution < -0.4 is 11.1 Å². The second-order valence-electron chi connectivity index (χ2n) is 5.48. The maximum absolute atomic E-state index is 5.91. The highest BCUT2D eigenvalue weighted by molar-refractivity contribution is 5.55. The molecular formula is C16H20N4. The molecule has 3 rings (SSSR count). The van der Waals surface area contributed by atoms with Gasteiger partial charge in [0.05, 0.1) is 0 Å². The second-order valence-corrected chi connectivity index (χ2v) is 5.48. The Morgan fingerprint density at radius 2 is 1.90 bits per heavy atom. The van der Waals surface area contributed by atoms with Crippen molar-refractivity contribution in [3.8, 4) is 0 Å². The monoisotopic (exact) mass is 268 g/mol. The smallest absolute Gasteiger partial charge is 0.134 e. The van der Waals surface area contributed by atoms with Crippen LogP contribution in [0.1, 0.15) is 28.9 Å². The number of nitrogen functional groups attached to an aromatic ring is 1. The fourth-order valence-corrected chi connectivity index (χ4v) is 2.80. The summed E-state index contributed by atoms with van der Waals surface area (Å²) in [6.07, 6.45) is 3.28. The van der Waals surface area contributed by atoms with Gasteiger partial charge >= 0.3 is 0 Å². The average molecular weight is 268 g/mol. The van der Waals surface area contributed by atoms with E-state index in [2.05, 4.69) is 39.6 Å².